The molecule has 4 aromatic rings. The van der Waals surface area contributed by atoms with Gasteiger partial charge in [-0.3, -0.25) is 4.79 Å². The molecular formula is C31H26N3O2+. The molecule has 176 valence electrons. The predicted octanol–water partition coefficient (Wildman–Crippen LogP) is 6.30. The number of fused-ring (bicyclic) bond motifs is 5. The van der Waals surface area contributed by atoms with Gasteiger partial charge in [0.2, 0.25) is 5.36 Å². The average molecular weight is 473 g/mol. The molecule has 6 rings (SSSR count). The van der Waals surface area contributed by atoms with Gasteiger partial charge in [0.25, 0.3) is 5.91 Å². The number of hydrogen-bond donors (Lipinski definition) is 1. The predicted molar refractivity (Wildman–Crippen MR) is 146 cm³/mol. The van der Waals surface area contributed by atoms with Gasteiger partial charge in [-0.05, 0) is 42.8 Å². The molecule has 4 aromatic carbocycles. The summed E-state index contributed by atoms with van der Waals surface area (Å²) in [6, 6.07) is 29.8. The van der Waals surface area contributed by atoms with Gasteiger partial charge in [0.05, 0.1) is 11.8 Å². The van der Waals surface area contributed by atoms with Crippen molar-refractivity contribution >= 4 is 44.2 Å². The number of nitrogens with zero attached hydrogens (tertiary/aromatic N) is 2. The van der Waals surface area contributed by atoms with Gasteiger partial charge < -0.3 is 9.73 Å². The second-order valence-electron chi connectivity index (χ2n) is 8.87. The van der Waals surface area contributed by atoms with Crippen LogP contribution in [0.15, 0.2) is 95.4 Å². The minimum atomic E-state index is -0.164. The van der Waals surface area contributed by atoms with Gasteiger partial charge in [0.15, 0.2) is 11.3 Å². The van der Waals surface area contributed by atoms with E-state index in [2.05, 4.69) is 29.8 Å². The first kappa shape index (κ1) is 22.0. The van der Waals surface area contributed by atoms with Crippen molar-refractivity contribution in [1.82, 2.24) is 9.56 Å². The zero-order valence-corrected chi connectivity index (χ0v) is 20.3. The molecule has 1 aliphatic heterocycles. The van der Waals surface area contributed by atoms with Crippen LogP contribution in [0.3, 0.4) is 0 Å². The lowest BCUT2D eigenvalue weighted by Crippen LogP contribution is -2.29. The highest BCUT2D eigenvalue weighted by molar-refractivity contribution is 6.15. The number of nitrogens with one attached hydrogen (secondary N) is 1. The van der Waals surface area contributed by atoms with Crippen LogP contribution in [0, 0.1) is 0 Å². The maximum absolute atomic E-state index is 13.3. The normalized spacial score (nSPS) is 11.4. The van der Waals surface area contributed by atoms with Crippen molar-refractivity contribution in [3.8, 4) is 11.5 Å². The molecule has 5 nitrogen and oxygen atoms in total. The molecule has 1 amide bonds. The zero-order valence-electron chi connectivity index (χ0n) is 20.3. The molecule has 1 N–H and O–H groups in total. The lowest BCUT2D eigenvalue weighted by molar-refractivity contribution is 0.102. The topological polar surface area (TPSA) is 58.1 Å². The van der Waals surface area contributed by atoms with Crippen LogP contribution >= 0.6 is 0 Å². The highest BCUT2D eigenvalue weighted by Gasteiger charge is 2.17. The summed E-state index contributed by atoms with van der Waals surface area (Å²) in [5.74, 6) is 0.553. The molecule has 0 saturated carbocycles. The second kappa shape index (κ2) is 8.93. The Hall–Kier alpha value is -4.51. The highest BCUT2D eigenvalue weighted by atomic mass is 16.3. The molecular weight excluding hydrogens is 446 g/mol. The van der Waals surface area contributed by atoms with E-state index in [9.17, 15) is 4.79 Å². The van der Waals surface area contributed by atoms with Crippen molar-refractivity contribution in [3.63, 3.8) is 0 Å². The van der Waals surface area contributed by atoms with Gasteiger partial charge in [0, 0.05) is 28.5 Å². The first-order valence-electron chi connectivity index (χ1n) is 12.3. The molecule has 0 bridgehead atoms. The number of benzene rings is 5. The van der Waals surface area contributed by atoms with Crippen molar-refractivity contribution in [2.45, 2.75) is 13.8 Å². The maximum Gasteiger partial charge on any atom is 0.255 e. The third-order valence-corrected chi connectivity index (χ3v) is 6.77. The second-order valence-corrected chi connectivity index (χ2v) is 8.87. The van der Waals surface area contributed by atoms with Gasteiger partial charge in [-0.25, -0.2) is 9.56 Å². The molecule has 1 aliphatic carbocycles. The molecule has 0 saturated heterocycles. The molecule has 1 heterocycles. The van der Waals surface area contributed by atoms with Crippen LogP contribution in [-0.2, 0) is 0 Å². The Morgan fingerprint density at radius 3 is 2.39 bits per heavy atom. The number of carbonyl (C=O) groups is 1. The van der Waals surface area contributed by atoms with Crippen LogP contribution in [0.25, 0.3) is 44.1 Å². The molecule has 0 unspecified atom stereocenters. The van der Waals surface area contributed by atoms with E-state index >= 15 is 0 Å². The smallest absolute Gasteiger partial charge is 0.255 e. The van der Waals surface area contributed by atoms with Crippen LogP contribution < -0.4 is 15.2 Å². The van der Waals surface area contributed by atoms with E-state index in [1.165, 1.54) is 0 Å². The average Bonchev–Trinajstić information content (AvgIpc) is 2.92. The SMILES string of the molecule is CC[N+](CC)=c1ccc2nc3c(cc(NC(=O)c4ccc5ccccc5c4)c4ccccc43)oc-2c1. The van der Waals surface area contributed by atoms with Crippen LogP contribution in [0.4, 0.5) is 5.69 Å². The van der Waals surface area contributed by atoms with E-state index in [4.69, 9.17) is 9.40 Å². The van der Waals surface area contributed by atoms with E-state index in [1.54, 1.807) is 0 Å². The summed E-state index contributed by atoms with van der Waals surface area (Å²) in [7, 11) is 0. The Balaban J connectivity index is 1.50. The number of amides is 1. The van der Waals surface area contributed by atoms with E-state index in [1.807, 2.05) is 84.9 Å². The summed E-state index contributed by atoms with van der Waals surface area (Å²) in [6.45, 7) is 6.11. The molecule has 0 radical (unpaired) electrons. The molecule has 2 aliphatic rings. The molecule has 5 heteroatoms. The van der Waals surface area contributed by atoms with Crippen LogP contribution in [-0.4, -0.2) is 24.0 Å². The van der Waals surface area contributed by atoms with E-state index < -0.39 is 0 Å². The first-order valence-corrected chi connectivity index (χ1v) is 12.3. The fourth-order valence-corrected chi connectivity index (χ4v) is 4.86. The fourth-order valence-electron chi connectivity index (χ4n) is 4.86. The van der Waals surface area contributed by atoms with Crippen molar-refractivity contribution in [2.75, 3.05) is 18.4 Å². The minimum Gasteiger partial charge on any atom is -0.452 e. The zero-order chi connectivity index (χ0) is 24.6. The summed E-state index contributed by atoms with van der Waals surface area (Å²) in [4.78, 5) is 18.2. The molecule has 0 fully saturated rings. The number of anilines is 1. The van der Waals surface area contributed by atoms with Gasteiger partial charge in [-0.15, -0.1) is 0 Å². The summed E-state index contributed by atoms with van der Waals surface area (Å²) >= 11 is 0. The Morgan fingerprint density at radius 1 is 0.833 bits per heavy atom. The van der Waals surface area contributed by atoms with Crippen molar-refractivity contribution < 1.29 is 9.21 Å². The van der Waals surface area contributed by atoms with Crippen LogP contribution in [0.1, 0.15) is 24.2 Å². The lowest BCUT2D eigenvalue weighted by atomic mass is 10.0. The monoisotopic (exact) mass is 472 g/mol. The Bertz CT molecular complexity index is 1810. The molecule has 36 heavy (non-hydrogen) atoms. The van der Waals surface area contributed by atoms with Crippen LogP contribution in [0.5, 0.6) is 0 Å². The van der Waals surface area contributed by atoms with E-state index in [0.717, 1.165) is 51.2 Å². The van der Waals surface area contributed by atoms with Crippen molar-refractivity contribution in [2.24, 2.45) is 0 Å². The molecule has 0 atom stereocenters. The maximum atomic E-state index is 13.3. The Kier molecular flexibility index (Phi) is 5.45. The summed E-state index contributed by atoms with van der Waals surface area (Å²) in [5.41, 5.74) is 3.51. The summed E-state index contributed by atoms with van der Waals surface area (Å²) in [5, 5.41) is 8.20. The molecule has 0 spiro atoms. The Labute approximate surface area is 208 Å². The first-order chi connectivity index (χ1) is 17.6. The van der Waals surface area contributed by atoms with Gasteiger partial charge in [-0.1, -0.05) is 54.6 Å². The Morgan fingerprint density at radius 2 is 1.58 bits per heavy atom. The number of carbonyl (C=O) groups excluding carboxylic acids is 1. The number of aromatic nitrogens is 1. The summed E-state index contributed by atoms with van der Waals surface area (Å²) < 4.78 is 8.65. The van der Waals surface area contributed by atoms with Gasteiger partial charge >= 0.3 is 0 Å². The van der Waals surface area contributed by atoms with Gasteiger partial charge in [0.1, 0.15) is 24.3 Å². The standard InChI is InChI=1S/C31H25N3O2/c1-3-34(4-2)23-15-16-26-28(18-23)36-29-19-27(24-11-7-8-12-25(24)30(29)32-26)33-31(35)22-14-13-20-9-5-6-10-21(20)17-22/h5-19H,3-4H2,1-2H3/p+1. The fraction of sp³-hybridized carbons (Fsp3) is 0.129. The van der Waals surface area contributed by atoms with Crippen molar-refractivity contribution in [3.05, 3.63) is 102 Å². The third-order valence-electron chi connectivity index (χ3n) is 6.77. The van der Waals surface area contributed by atoms with Crippen molar-refractivity contribution in [1.29, 1.82) is 0 Å². The third kappa shape index (κ3) is 3.79. The minimum absolute atomic E-state index is 0.164. The largest absolute Gasteiger partial charge is 0.452 e. The van der Waals surface area contributed by atoms with Crippen LogP contribution in [0.2, 0.25) is 0 Å². The van der Waals surface area contributed by atoms with E-state index in [-0.39, 0.29) is 5.91 Å². The summed E-state index contributed by atoms with van der Waals surface area (Å²) in [6.07, 6.45) is 0. The van der Waals surface area contributed by atoms with Gasteiger partial charge in [-0.2, -0.15) is 0 Å². The lowest BCUT2D eigenvalue weighted by Gasteiger charge is -2.13. The van der Waals surface area contributed by atoms with E-state index in [0.29, 0.717) is 22.6 Å². The number of hydrogen-bond acceptors (Lipinski definition) is 3. The highest BCUT2D eigenvalue weighted by Crippen LogP contribution is 2.34. The molecule has 0 aromatic heterocycles. The quantitative estimate of drug-likeness (QED) is 0.186. The number of rotatable bonds is 4.